The highest BCUT2D eigenvalue weighted by Gasteiger charge is 2.41. The van der Waals surface area contributed by atoms with Gasteiger partial charge in [0.15, 0.2) is 5.82 Å². The van der Waals surface area contributed by atoms with Crippen LogP contribution in [0.1, 0.15) is 26.7 Å². The molecule has 1 saturated carbocycles. The largest absolute Gasteiger partial charge is 0.398 e. The van der Waals surface area contributed by atoms with Crippen molar-refractivity contribution < 1.29 is 0 Å². The molecule has 1 heterocycles. The normalized spacial score (nSPS) is 15.9. The van der Waals surface area contributed by atoms with Gasteiger partial charge in [0.05, 0.1) is 5.54 Å². The minimum absolute atomic E-state index is 0.0544. The second-order valence-corrected chi connectivity index (χ2v) is 5.43. The highest BCUT2D eigenvalue weighted by molar-refractivity contribution is 5.71. The summed E-state index contributed by atoms with van der Waals surface area (Å²) in [5.74, 6) is 1.41. The molecule has 0 saturated heterocycles. The Kier molecular flexibility index (Phi) is 2.36. The monoisotopic (exact) mass is 243 g/mol. The van der Waals surface area contributed by atoms with E-state index >= 15 is 0 Å². The van der Waals surface area contributed by atoms with E-state index in [1.807, 2.05) is 28.9 Å². The molecule has 2 aromatic rings. The van der Waals surface area contributed by atoms with E-state index in [1.165, 1.54) is 12.8 Å². The average Bonchev–Trinajstić information content (AvgIpc) is 3.09. The number of benzene rings is 1. The lowest BCUT2D eigenvalue weighted by atomic mass is 9.98. The second kappa shape index (κ2) is 3.80. The van der Waals surface area contributed by atoms with Gasteiger partial charge in [-0.1, -0.05) is 12.1 Å². The van der Waals surface area contributed by atoms with Gasteiger partial charge in [-0.05, 0) is 55.2 Å². The van der Waals surface area contributed by atoms with Crippen LogP contribution in [0.25, 0.3) is 11.4 Å². The summed E-state index contributed by atoms with van der Waals surface area (Å²) >= 11 is 0. The van der Waals surface area contributed by atoms with E-state index < -0.39 is 0 Å². The summed E-state index contributed by atoms with van der Waals surface area (Å²) in [7, 11) is 0. The molecule has 3 rings (SSSR count). The van der Waals surface area contributed by atoms with E-state index in [0.29, 0.717) is 11.6 Å². The Morgan fingerprint density at radius 1 is 1.28 bits per heavy atom. The minimum atomic E-state index is -0.0544. The molecule has 1 aliphatic carbocycles. The molecule has 1 fully saturated rings. The number of aromatic nitrogens is 4. The predicted molar refractivity (Wildman–Crippen MR) is 69.7 cm³/mol. The maximum atomic E-state index is 6.01. The van der Waals surface area contributed by atoms with Gasteiger partial charge in [0.2, 0.25) is 0 Å². The molecule has 94 valence electrons. The molecule has 5 nitrogen and oxygen atoms in total. The fraction of sp³-hybridized carbons (Fsp3) is 0.462. The Morgan fingerprint density at radius 2 is 2.00 bits per heavy atom. The predicted octanol–water partition coefficient (Wildman–Crippen LogP) is 2.07. The summed E-state index contributed by atoms with van der Waals surface area (Å²) in [6.45, 7) is 4.37. The van der Waals surface area contributed by atoms with Gasteiger partial charge >= 0.3 is 0 Å². The first kappa shape index (κ1) is 11.2. The number of hydrogen-bond donors (Lipinski definition) is 1. The third-order valence-electron chi connectivity index (χ3n) is 3.79. The molecule has 2 N–H and O–H groups in total. The molecule has 1 aromatic heterocycles. The lowest BCUT2D eigenvalue weighted by molar-refractivity contribution is 0.271. The maximum absolute atomic E-state index is 6.01. The van der Waals surface area contributed by atoms with Crippen LogP contribution in [0, 0.1) is 5.92 Å². The molecule has 0 amide bonds. The summed E-state index contributed by atoms with van der Waals surface area (Å²) in [5, 5.41) is 12.1. The number of nitrogens with two attached hydrogens (primary N) is 1. The number of anilines is 1. The smallest absolute Gasteiger partial charge is 0.184 e. The van der Waals surface area contributed by atoms with Crippen molar-refractivity contribution in [2.75, 3.05) is 5.73 Å². The first-order valence-electron chi connectivity index (χ1n) is 6.24. The van der Waals surface area contributed by atoms with E-state index in [9.17, 15) is 0 Å². The first-order chi connectivity index (χ1) is 8.60. The summed E-state index contributed by atoms with van der Waals surface area (Å²) < 4.78 is 1.91. The number of para-hydroxylation sites is 1. The van der Waals surface area contributed by atoms with Crippen molar-refractivity contribution in [2.24, 2.45) is 5.92 Å². The standard InChI is InChI=1S/C13H17N5/c1-13(2,9-7-8-9)18-12(15-16-17-18)10-5-3-4-6-11(10)14/h3-6,9H,7-8,14H2,1-2H3. The molecule has 0 atom stereocenters. The molecular weight excluding hydrogens is 226 g/mol. The van der Waals surface area contributed by atoms with Crippen molar-refractivity contribution >= 4 is 5.69 Å². The van der Waals surface area contributed by atoms with Crippen LogP contribution in [0.4, 0.5) is 5.69 Å². The van der Waals surface area contributed by atoms with Crippen molar-refractivity contribution in [3.63, 3.8) is 0 Å². The number of tetrazole rings is 1. The van der Waals surface area contributed by atoms with Crippen LogP contribution >= 0.6 is 0 Å². The van der Waals surface area contributed by atoms with Crippen LogP contribution < -0.4 is 5.73 Å². The van der Waals surface area contributed by atoms with Crippen molar-refractivity contribution in [1.82, 2.24) is 20.2 Å². The molecule has 1 aliphatic rings. The highest BCUT2D eigenvalue weighted by atomic mass is 15.6. The lowest BCUT2D eigenvalue weighted by Crippen LogP contribution is -2.30. The topological polar surface area (TPSA) is 69.6 Å². The van der Waals surface area contributed by atoms with Gasteiger partial charge in [-0.2, -0.15) is 0 Å². The molecule has 5 heteroatoms. The summed E-state index contributed by atoms with van der Waals surface area (Å²) in [5.41, 5.74) is 7.56. The molecule has 0 bridgehead atoms. The SMILES string of the molecule is CC(C)(C1CC1)n1nnnc1-c1ccccc1N. The van der Waals surface area contributed by atoms with Crippen LogP contribution in [0.3, 0.4) is 0 Å². The van der Waals surface area contributed by atoms with Crippen molar-refractivity contribution in [3.8, 4) is 11.4 Å². The van der Waals surface area contributed by atoms with Gasteiger partial charge in [-0.15, -0.1) is 5.10 Å². The van der Waals surface area contributed by atoms with E-state index in [4.69, 9.17) is 5.73 Å². The van der Waals surface area contributed by atoms with E-state index in [0.717, 1.165) is 11.4 Å². The Hall–Kier alpha value is -1.91. The van der Waals surface area contributed by atoms with E-state index in [2.05, 4.69) is 29.4 Å². The lowest BCUT2D eigenvalue weighted by Gasteiger charge is -2.25. The van der Waals surface area contributed by atoms with Crippen LogP contribution in [-0.2, 0) is 5.54 Å². The van der Waals surface area contributed by atoms with Crippen LogP contribution in [0.2, 0.25) is 0 Å². The van der Waals surface area contributed by atoms with Crippen LogP contribution in [0.15, 0.2) is 24.3 Å². The molecule has 0 aliphatic heterocycles. The third kappa shape index (κ3) is 1.66. The zero-order valence-corrected chi connectivity index (χ0v) is 10.7. The van der Waals surface area contributed by atoms with Gasteiger partial charge in [0, 0.05) is 11.3 Å². The Balaban J connectivity index is 2.10. The number of nitrogens with zero attached hydrogens (tertiary/aromatic N) is 4. The molecule has 1 aromatic carbocycles. The van der Waals surface area contributed by atoms with E-state index in [-0.39, 0.29) is 5.54 Å². The Labute approximate surface area is 106 Å². The quantitative estimate of drug-likeness (QED) is 0.838. The third-order valence-corrected chi connectivity index (χ3v) is 3.79. The molecule has 18 heavy (non-hydrogen) atoms. The van der Waals surface area contributed by atoms with Crippen LogP contribution in [0.5, 0.6) is 0 Å². The Bertz CT molecular complexity index is 568. The highest BCUT2D eigenvalue weighted by Crippen LogP contribution is 2.44. The molecule has 0 unspecified atom stereocenters. The Morgan fingerprint density at radius 3 is 2.67 bits per heavy atom. The second-order valence-electron chi connectivity index (χ2n) is 5.43. The minimum Gasteiger partial charge on any atom is -0.398 e. The van der Waals surface area contributed by atoms with Gasteiger partial charge in [-0.25, -0.2) is 4.68 Å². The van der Waals surface area contributed by atoms with Crippen molar-refractivity contribution in [2.45, 2.75) is 32.2 Å². The maximum Gasteiger partial charge on any atom is 0.184 e. The summed E-state index contributed by atoms with van der Waals surface area (Å²) in [4.78, 5) is 0. The zero-order valence-electron chi connectivity index (χ0n) is 10.7. The van der Waals surface area contributed by atoms with Crippen molar-refractivity contribution in [3.05, 3.63) is 24.3 Å². The van der Waals surface area contributed by atoms with Gasteiger partial charge in [0.1, 0.15) is 0 Å². The average molecular weight is 243 g/mol. The van der Waals surface area contributed by atoms with Gasteiger partial charge in [0.25, 0.3) is 0 Å². The molecular formula is C13H17N5. The first-order valence-corrected chi connectivity index (χ1v) is 6.24. The molecule has 0 spiro atoms. The van der Waals surface area contributed by atoms with E-state index in [1.54, 1.807) is 0 Å². The zero-order chi connectivity index (χ0) is 12.8. The number of rotatable bonds is 3. The van der Waals surface area contributed by atoms with Gasteiger partial charge in [-0.3, -0.25) is 0 Å². The fourth-order valence-corrected chi connectivity index (χ4v) is 2.41. The summed E-state index contributed by atoms with van der Waals surface area (Å²) in [6.07, 6.45) is 2.49. The van der Waals surface area contributed by atoms with Crippen LogP contribution in [-0.4, -0.2) is 20.2 Å². The molecule has 0 radical (unpaired) electrons. The van der Waals surface area contributed by atoms with Gasteiger partial charge < -0.3 is 5.73 Å². The fourth-order valence-electron chi connectivity index (χ4n) is 2.41. The summed E-state index contributed by atoms with van der Waals surface area (Å²) in [6, 6.07) is 7.70. The number of nitrogen functional groups attached to an aromatic ring is 1. The number of hydrogen-bond acceptors (Lipinski definition) is 4. The van der Waals surface area contributed by atoms with Crippen molar-refractivity contribution in [1.29, 1.82) is 0 Å².